The molecule has 0 spiro atoms. The number of aromatic nitrogens is 2. The Morgan fingerprint density at radius 3 is 2.57 bits per heavy atom. The van der Waals surface area contributed by atoms with Crippen LogP contribution in [0.25, 0.3) is 0 Å². The maximum atomic E-state index is 4.65. The molecule has 3 rings (SSSR count). The van der Waals surface area contributed by atoms with E-state index in [0.29, 0.717) is 6.04 Å². The van der Waals surface area contributed by atoms with Crippen molar-refractivity contribution in [3.63, 3.8) is 0 Å². The third kappa shape index (κ3) is 2.82. The van der Waals surface area contributed by atoms with Gasteiger partial charge in [-0.2, -0.15) is 5.10 Å². The molecule has 2 aromatic rings. The molecule has 0 atom stereocenters. The lowest BCUT2D eigenvalue weighted by Crippen LogP contribution is -2.06. The molecule has 1 aromatic carbocycles. The van der Waals surface area contributed by atoms with Gasteiger partial charge in [0.1, 0.15) is 0 Å². The van der Waals surface area contributed by atoms with Crippen LogP contribution >= 0.6 is 0 Å². The van der Waals surface area contributed by atoms with E-state index >= 15 is 0 Å². The maximum absolute atomic E-state index is 4.65. The second kappa shape index (κ2) is 5.55. The summed E-state index contributed by atoms with van der Waals surface area (Å²) in [5.74, 6) is 0.795. The Morgan fingerprint density at radius 2 is 1.95 bits per heavy atom. The summed E-state index contributed by atoms with van der Waals surface area (Å²) in [7, 11) is 0. The molecule has 3 heteroatoms. The highest BCUT2D eigenvalue weighted by molar-refractivity contribution is 5.53. The van der Waals surface area contributed by atoms with Gasteiger partial charge in [-0.3, -0.25) is 4.68 Å². The van der Waals surface area contributed by atoms with Gasteiger partial charge < -0.3 is 5.32 Å². The van der Waals surface area contributed by atoms with Gasteiger partial charge in [0.25, 0.3) is 0 Å². The van der Waals surface area contributed by atoms with Gasteiger partial charge in [-0.15, -0.1) is 0 Å². The minimum atomic E-state index is 0.401. The quantitative estimate of drug-likeness (QED) is 0.871. The molecule has 0 saturated heterocycles. The van der Waals surface area contributed by atoms with Crippen LogP contribution in [0.15, 0.2) is 24.3 Å². The van der Waals surface area contributed by atoms with Crippen molar-refractivity contribution in [3.8, 4) is 0 Å². The zero-order valence-electron chi connectivity index (χ0n) is 13.5. The van der Waals surface area contributed by atoms with Crippen LogP contribution < -0.4 is 5.32 Å². The zero-order valence-corrected chi connectivity index (χ0v) is 13.5. The van der Waals surface area contributed by atoms with Crippen molar-refractivity contribution >= 4 is 5.69 Å². The van der Waals surface area contributed by atoms with Crippen molar-refractivity contribution in [2.75, 3.05) is 5.32 Å². The second-order valence-electron chi connectivity index (χ2n) is 6.41. The Kier molecular flexibility index (Phi) is 3.75. The van der Waals surface area contributed by atoms with Crippen LogP contribution in [0.2, 0.25) is 0 Å². The van der Waals surface area contributed by atoms with Crippen LogP contribution in [-0.4, -0.2) is 9.78 Å². The van der Waals surface area contributed by atoms with Crippen molar-refractivity contribution in [2.24, 2.45) is 0 Å². The lowest BCUT2D eigenvalue weighted by atomic mass is 10.0. The van der Waals surface area contributed by atoms with E-state index in [0.717, 1.165) is 18.2 Å². The van der Waals surface area contributed by atoms with Crippen molar-refractivity contribution in [1.29, 1.82) is 0 Å². The van der Waals surface area contributed by atoms with Crippen LogP contribution in [0.1, 0.15) is 61.2 Å². The molecule has 1 saturated carbocycles. The first-order valence-corrected chi connectivity index (χ1v) is 7.95. The molecule has 1 aliphatic carbocycles. The SMILES string of the molecule is Cc1nn(C(C)C)c(C)c1NCc1ccccc1C1CC1. The average molecular weight is 283 g/mol. The Balaban J connectivity index is 1.79. The number of hydrogen-bond donors (Lipinski definition) is 1. The average Bonchev–Trinajstić information content (AvgIpc) is 3.25. The molecular weight excluding hydrogens is 258 g/mol. The third-order valence-corrected chi connectivity index (χ3v) is 4.34. The monoisotopic (exact) mass is 283 g/mol. The molecule has 0 radical (unpaired) electrons. The van der Waals surface area contributed by atoms with Gasteiger partial charge in [0.2, 0.25) is 0 Å². The molecule has 1 fully saturated rings. The van der Waals surface area contributed by atoms with Gasteiger partial charge in [0.15, 0.2) is 0 Å². The summed E-state index contributed by atoms with van der Waals surface area (Å²) < 4.78 is 2.10. The summed E-state index contributed by atoms with van der Waals surface area (Å²) in [4.78, 5) is 0. The first-order chi connectivity index (χ1) is 10.1. The molecule has 0 unspecified atom stereocenters. The highest BCUT2D eigenvalue weighted by atomic mass is 15.3. The Bertz CT molecular complexity index is 636. The molecular formula is C18H25N3. The fourth-order valence-corrected chi connectivity index (χ4v) is 3.09. The standard InChI is InChI=1S/C18H25N3/c1-12(2)21-14(4)18(13(3)20-21)19-11-16-7-5-6-8-17(16)15-9-10-15/h5-8,12,15,19H,9-11H2,1-4H3. The van der Waals surface area contributed by atoms with Crippen molar-refractivity contribution < 1.29 is 0 Å². The number of hydrogen-bond acceptors (Lipinski definition) is 2. The molecule has 1 heterocycles. The van der Waals surface area contributed by atoms with Crippen LogP contribution in [0, 0.1) is 13.8 Å². The van der Waals surface area contributed by atoms with Gasteiger partial charge >= 0.3 is 0 Å². The zero-order chi connectivity index (χ0) is 15.0. The Labute approximate surface area is 127 Å². The largest absolute Gasteiger partial charge is 0.378 e. The number of rotatable bonds is 5. The highest BCUT2D eigenvalue weighted by Gasteiger charge is 2.25. The van der Waals surface area contributed by atoms with Crippen molar-refractivity contribution in [2.45, 2.75) is 59.0 Å². The number of aryl methyl sites for hydroxylation is 1. The van der Waals surface area contributed by atoms with E-state index in [1.165, 1.54) is 35.3 Å². The van der Waals surface area contributed by atoms with E-state index in [9.17, 15) is 0 Å². The Hall–Kier alpha value is -1.77. The summed E-state index contributed by atoms with van der Waals surface area (Å²) in [6.07, 6.45) is 2.70. The van der Waals surface area contributed by atoms with Crippen LogP contribution in [0.5, 0.6) is 0 Å². The summed E-state index contributed by atoms with van der Waals surface area (Å²) >= 11 is 0. The van der Waals surface area contributed by atoms with E-state index in [4.69, 9.17) is 0 Å². The van der Waals surface area contributed by atoms with E-state index in [2.05, 4.69) is 67.1 Å². The lowest BCUT2D eigenvalue weighted by molar-refractivity contribution is 0.516. The van der Waals surface area contributed by atoms with E-state index in [1.54, 1.807) is 0 Å². The van der Waals surface area contributed by atoms with Crippen LogP contribution in [0.4, 0.5) is 5.69 Å². The van der Waals surface area contributed by atoms with E-state index in [1.807, 2.05) is 0 Å². The van der Waals surface area contributed by atoms with E-state index < -0.39 is 0 Å². The fraction of sp³-hybridized carbons (Fsp3) is 0.500. The van der Waals surface area contributed by atoms with Gasteiger partial charge in [0, 0.05) is 12.6 Å². The molecule has 21 heavy (non-hydrogen) atoms. The first-order valence-electron chi connectivity index (χ1n) is 7.95. The van der Waals surface area contributed by atoms with Crippen molar-refractivity contribution in [3.05, 3.63) is 46.8 Å². The summed E-state index contributed by atoms with van der Waals surface area (Å²) in [6.45, 7) is 9.46. The minimum Gasteiger partial charge on any atom is -0.378 e. The topological polar surface area (TPSA) is 29.9 Å². The molecule has 1 aliphatic rings. The normalized spacial score (nSPS) is 14.7. The molecule has 0 aliphatic heterocycles. The predicted octanol–water partition coefficient (Wildman–Crippen LogP) is 4.57. The third-order valence-electron chi connectivity index (χ3n) is 4.34. The summed E-state index contributed by atoms with van der Waals surface area (Å²) in [6, 6.07) is 9.23. The number of nitrogens with one attached hydrogen (secondary N) is 1. The van der Waals surface area contributed by atoms with Crippen molar-refractivity contribution in [1.82, 2.24) is 9.78 Å². The molecule has 0 bridgehead atoms. The van der Waals surface area contributed by atoms with Gasteiger partial charge in [0.05, 0.1) is 17.1 Å². The maximum Gasteiger partial charge on any atom is 0.0828 e. The Morgan fingerprint density at radius 1 is 1.24 bits per heavy atom. The lowest BCUT2D eigenvalue weighted by Gasteiger charge is -2.12. The smallest absolute Gasteiger partial charge is 0.0828 e. The summed E-state index contributed by atoms with van der Waals surface area (Å²) in [5, 5.41) is 8.26. The number of anilines is 1. The molecule has 3 nitrogen and oxygen atoms in total. The number of nitrogens with zero attached hydrogens (tertiary/aromatic N) is 2. The van der Waals surface area contributed by atoms with Gasteiger partial charge in [-0.25, -0.2) is 0 Å². The minimum absolute atomic E-state index is 0.401. The fourth-order valence-electron chi connectivity index (χ4n) is 3.09. The molecule has 1 N–H and O–H groups in total. The summed E-state index contributed by atoms with van der Waals surface area (Å²) in [5.41, 5.74) is 6.46. The van der Waals surface area contributed by atoms with Crippen LogP contribution in [0.3, 0.4) is 0 Å². The van der Waals surface area contributed by atoms with Crippen LogP contribution in [-0.2, 0) is 6.54 Å². The number of benzene rings is 1. The van der Waals surface area contributed by atoms with Gasteiger partial charge in [-0.1, -0.05) is 24.3 Å². The van der Waals surface area contributed by atoms with E-state index in [-0.39, 0.29) is 0 Å². The molecule has 112 valence electrons. The first kappa shape index (κ1) is 14.2. The molecule has 0 amide bonds. The van der Waals surface area contributed by atoms with Gasteiger partial charge in [-0.05, 0) is 57.6 Å². The molecule has 1 aromatic heterocycles. The predicted molar refractivity (Wildman–Crippen MR) is 87.8 cm³/mol. The highest BCUT2D eigenvalue weighted by Crippen LogP contribution is 2.41. The second-order valence-corrected chi connectivity index (χ2v) is 6.41.